The first-order valence-electron chi connectivity index (χ1n) is 7.98. The van der Waals surface area contributed by atoms with Gasteiger partial charge in [0.1, 0.15) is 0 Å². The Bertz CT molecular complexity index is 529. The van der Waals surface area contributed by atoms with E-state index in [2.05, 4.69) is 4.90 Å². The fourth-order valence-electron chi connectivity index (χ4n) is 3.74. The van der Waals surface area contributed by atoms with Gasteiger partial charge in [-0.2, -0.15) is 0 Å². The highest BCUT2D eigenvalue weighted by Gasteiger charge is 2.30. The molecule has 2 unspecified atom stereocenters. The lowest BCUT2D eigenvalue weighted by molar-refractivity contribution is 0.0696. The summed E-state index contributed by atoms with van der Waals surface area (Å²) in [7, 11) is 0. The molecule has 1 saturated carbocycles. The Morgan fingerprint density at radius 2 is 1.95 bits per heavy atom. The molecule has 1 fully saturated rings. The number of aliphatic hydroxyl groups excluding tert-OH is 1. The van der Waals surface area contributed by atoms with Crippen LogP contribution in [0.3, 0.4) is 0 Å². The van der Waals surface area contributed by atoms with Gasteiger partial charge in [0.15, 0.2) is 0 Å². The zero-order valence-electron chi connectivity index (χ0n) is 12.3. The van der Waals surface area contributed by atoms with Crippen LogP contribution in [0, 0.1) is 0 Å². The maximum Gasteiger partial charge on any atom is 0.335 e. The van der Waals surface area contributed by atoms with E-state index in [1.165, 1.54) is 12.8 Å². The molecule has 1 aromatic rings. The summed E-state index contributed by atoms with van der Waals surface area (Å²) in [6.45, 7) is 0.959. The Morgan fingerprint density at radius 3 is 2.76 bits per heavy atom. The van der Waals surface area contributed by atoms with Crippen LogP contribution in [0.4, 0.5) is 5.69 Å². The second-order valence-electron chi connectivity index (χ2n) is 6.22. The lowest BCUT2D eigenvalue weighted by Gasteiger charge is -2.40. The molecule has 0 bridgehead atoms. The predicted octanol–water partition coefficient (Wildman–Crippen LogP) is 2.83. The van der Waals surface area contributed by atoms with Crippen molar-refractivity contribution in [2.45, 2.75) is 57.1 Å². The summed E-state index contributed by atoms with van der Waals surface area (Å²) in [6, 6.07) is 5.59. The average molecular weight is 289 g/mol. The van der Waals surface area contributed by atoms with E-state index in [0.717, 1.165) is 49.9 Å². The molecule has 4 heteroatoms. The van der Waals surface area contributed by atoms with Crippen molar-refractivity contribution in [1.82, 2.24) is 0 Å². The zero-order chi connectivity index (χ0) is 14.8. The largest absolute Gasteiger partial charge is 0.478 e. The maximum atomic E-state index is 11.1. The van der Waals surface area contributed by atoms with E-state index in [9.17, 15) is 9.90 Å². The number of nitrogens with zero attached hydrogens (tertiary/aromatic N) is 1. The van der Waals surface area contributed by atoms with Crippen LogP contribution in [0.25, 0.3) is 0 Å². The van der Waals surface area contributed by atoms with Crippen LogP contribution in [0.5, 0.6) is 0 Å². The Balaban J connectivity index is 1.90. The molecule has 1 heterocycles. The first-order valence-corrected chi connectivity index (χ1v) is 7.98. The van der Waals surface area contributed by atoms with Crippen molar-refractivity contribution in [2.75, 3.05) is 11.4 Å². The van der Waals surface area contributed by atoms with Gasteiger partial charge in [0, 0.05) is 12.2 Å². The molecule has 0 spiro atoms. The number of aryl methyl sites for hydroxylation is 1. The summed E-state index contributed by atoms with van der Waals surface area (Å²) < 4.78 is 0. The van der Waals surface area contributed by atoms with Crippen LogP contribution in [-0.4, -0.2) is 34.9 Å². The number of hydrogen-bond donors (Lipinski definition) is 2. The highest BCUT2D eigenvalue weighted by molar-refractivity contribution is 5.88. The summed E-state index contributed by atoms with van der Waals surface area (Å²) in [5.41, 5.74) is 2.59. The number of carboxylic acids is 1. The molecule has 21 heavy (non-hydrogen) atoms. The van der Waals surface area contributed by atoms with Gasteiger partial charge in [-0.1, -0.05) is 19.3 Å². The fourth-order valence-corrected chi connectivity index (χ4v) is 3.74. The minimum atomic E-state index is -0.871. The molecule has 0 radical (unpaired) electrons. The van der Waals surface area contributed by atoms with Crippen molar-refractivity contribution in [2.24, 2.45) is 0 Å². The average Bonchev–Trinajstić information content (AvgIpc) is 2.70. The second-order valence-corrected chi connectivity index (χ2v) is 6.22. The number of aliphatic hydroxyl groups is 1. The molecule has 3 rings (SSSR count). The van der Waals surface area contributed by atoms with E-state index < -0.39 is 5.97 Å². The van der Waals surface area contributed by atoms with Gasteiger partial charge >= 0.3 is 5.97 Å². The molecule has 2 aliphatic rings. The van der Waals surface area contributed by atoms with Crippen LogP contribution in [0.2, 0.25) is 0 Å². The third kappa shape index (κ3) is 2.91. The van der Waals surface area contributed by atoms with Crippen molar-refractivity contribution in [3.05, 3.63) is 29.3 Å². The Labute approximate surface area is 125 Å². The van der Waals surface area contributed by atoms with Gasteiger partial charge in [-0.15, -0.1) is 0 Å². The molecule has 4 nitrogen and oxygen atoms in total. The van der Waals surface area contributed by atoms with Gasteiger partial charge in [-0.3, -0.25) is 0 Å². The maximum absolute atomic E-state index is 11.1. The van der Waals surface area contributed by atoms with Gasteiger partial charge in [0.2, 0.25) is 0 Å². The zero-order valence-corrected chi connectivity index (χ0v) is 12.3. The van der Waals surface area contributed by atoms with Crippen LogP contribution in [-0.2, 0) is 6.42 Å². The predicted molar refractivity (Wildman–Crippen MR) is 81.9 cm³/mol. The third-order valence-electron chi connectivity index (χ3n) is 4.83. The summed E-state index contributed by atoms with van der Waals surface area (Å²) in [6.07, 6.45) is 7.07. The molecule has 1 aromatic carbocycles. The highest BCUT2D eigenvalue weighted by Crippen LogP contribution is 2.33. The number of carbonyl (C=O) groups is 1. The highest BCUT2D eigenvalue weighted by atomic mass is 16.4. The monoisotopic (exact) mass is 289 g/mol. The minimum Gasteiger partial charge on any atom is -0.478 e. The smallest absolute Gasteiger partial charge is 0.335 e. The van der Waals surface area contributed by atoms with Crippen LogP contribution in [0.15, 0.2) is 18.2 Å². The SMILES string of the molecule is O=C(O)c1ccc2c(c1)CCCN2C1CCCCCC1O. The standard InChI is InChI=1S/C17H23NO3/c19-16-7-3-1-2-6-15(16)18-10-4-5-12-11-13(17(20)21)8-9-14(12)18/h8-9,11,15-16,19H,1-7,10H2,(H,20,21). The van der Waals surface area contributed by atoms with Gasteiger partial charge in [0.05, 0.1) is 17.7 Å². The van der Waals surface area contributed by atoms with E-state index in [1.54, 1.807) is 12.1 Å². The molecule has 114 valence electrons. The minimum absolute atomic E-state index is 0.183. The van der Waals surface area contributed by atoms with E-state index in [-0.39, 0.29) is 12.1 Å². The van der Waals surface area contributed by atoms with Gasteiger partial charge in [-0.05, 0) is 49.4 Å². The number of fused-ring (bicyclic) bond motifs is 1. The van der Waals surface area contributed by atoms with Crippen molar-refractivity contribution in [1.29, 1.82) is 0 Å². The normalized spacial score (nSPS) is 26.0. The quantitative estimate of drug-likeness (QED) is 0.822. The lowest BCUT2D eigenvalue weighted by atomic mass is 9.95. The molecule has 0 aromatic heterocycles. The molecular weight excluding hydrogens is 266 g/mol. The Hall–Kier alpha value is -1.55. The second kappa shape index (κ2) is 6.06. The number of rotatable bonds is 2. The van der Waals surface area contributed by atoms with E-state index >= 15 is 0 Å². The summed E-state index contributed by atoms with van der Waals surface area (Å²) in [4.78, 5) is 13.4. The van der Waals surface area contributed by atoms with Gasteiger partial charge in [0.25, 0.3) is 0 Å². The van der Waals surface area contributed by atoms with E-state index in [4.69, 9.17) is 5.11 Å². The molecular formula is C17H23NO3. The molecule has 2 N–H and O–H groups in total. The number of anilines is 1. The van der Waals surface area contributed by atoms with Crippen LogP contribution in [0.1, 0.15) is 54.4 Å². The number of hydrogen-bond acceptors (Lipinski definition) is 3. The lowest BCUT2D eigenvalue weighted by Crippen LogP contribution is -2.45. The molecule has 0 saturated heterocycles. The molecule has 0 amide bonds. The molecule has 2 atom stereocenters. The van der Waals surface area contributed by atoms with Crippen molar-refractivity contribution >= 4 is 11.7 Å². The van der Waals surface area contributed by atoms with Crippen molar-refractivity contribution in [3.8, 4) is 0 Å². The molecule has 1 aliphatic heterocycles. The first kappa shape index (κ1) is 14.4. The summed E-state index contributed by atoms with van der Waals surface area (Å²) >= 11 is 0. The van der Waals surface area contributed by atoms with Crippen molar-refractivity contribution < 1.29 is 15.0 Å². The van der Waals surface area contributed by atoms with Crippen LogP contribution >= 0.6 is 0 Å². The van der Waals surface area contributed by atoms with Crippen LogP contribution < -0.4 is 4.90 Å². The topological polar surface area (TPSA) is 60.8 Å². The number of aromatic carboxylic acids is 1. The van der Waals surface area contributed by atoms with E-state index in [0.29, 0.717) is 5.56 Å². The first-order chi connectivity index (χ1) is 10.2. The third-order valence-corrected chi connectivity index (χ3v) is 4.83. The molecule has 1 aliphatic carbocycles. The number of carboxylic acid groups (broad SMARTS) is 1. The summed E-state index contributed by atoms with van der Waals surface area (Å²) in [5.74, 6) is -0.871. The fraction of sp³-hybridized carbons (Fsp3) is 0.588. The van der Waals surface area contributed by atoms with Gasteiger partial charge in [-0.25, -0.2) is 4.79 Å². The Morgan fingerprint density at radius 1 is 1.14 bits per heavy atom. The Kier molecular flexibility index (Phi) is 4.15. The van der Waals surface area contributed by atoms with Gasteiger partial charge < -0.3 is 15.1 Å². The van der Waals surface area contributed by atoms with E-state index in [1.807, 2.05) is 6.07 Å². The van der Waals surface area contributed by atoms with Crippen molar-refractivity contribution in [3.63, 3.8) is 0 Å². The summed E-state index contributed by atoms with van der Waals surface area (Å²) in [5, 5.41) is 19.6. The number of benzene rings is 1.